The van der Waals surface area contributed by atoms with E-state index < -0.39 is 0 Å². The molecule has 0 bridgehead atoms. The molecule has 0 N–H and O–H groups in total. The Kier molecular flexibility index (Phi) is 3.73. The van der Waals surface area contributed by atoms with E-state index in [1.54, 1.807) is 0 Å². The molecule has 14 heavy (non-hydrogen) atoms. The summed E-state index contributed by atoms with van der Waals surface area (Å²) in [6, 6.07) is 0. The fourth-order valence-electron chi connectivity index (χ4n) is 1.41. The molecule has 0 radical (unpaired) electrons. The molecule has 1 unspecified atom stereocenters. The molecule has 1 atom stereocenters. The van der Waals surface area contributed by atoms with Crippen LogP contribution in [-0.4, -0.2) is 12.6 Å². The first-order valence-corrected chi connectivity index (χ1v) is 5.31. The molecule has 0 amide bonds. The second-order valence-electron chi connectivity index (χ2n) is 5.15. The number of allylic oxidation sites excluding steroid dienone is 2. The highest BCUT2D eigenvalue weighted by molar-refractivity contribution is 5.72. The van der Waals surface area contributed by atoms with Crippen LogP contribution in [0.1, 0.15) is 40.0 Å². The minimum absolute atomic E-state index is 0.0238. The maximum absolute atomic E-state index is 11.6. The zero-order valence-corrected chi connectivity index (χ0v) is 9.38. The van der Waals surface area contributed by atoms with Crippen molar-refractivity contribution in [2.45, 2.75) is 40.0 Å². The number of carbonyl (C=O) groups excluding carboxylic acids is 1. The highest BCUT2D eigenvalue weighted by Gasteiger charge is 2.22. The van der Waals surface area contributed by atoms with Crippen molar-refractivity contribution >= 4 is 5.97 Å². The lowest BCUT2D eigenvalue weighted by Crippen LogP contribution is -2.24. The molecule has 80 valence electrons. The van der Waals surface area contributed by atoms with Gasteiger partial charge in [-0.25, -0.2) is 0 Å². The van der Waals surface area contributed by atoms with Crippen molar-refractivity contribution in [2.24, 2.45) is 11.3 Å². The number of ether oxygens (including phenoxy) is 1. The van der Waals surface area contributed by atoms with Gasteiger partial charge in [0, 0.05) is 0 Å². The third kappa shape index (κ3) is 3.95. The summed E-state index contributed by atoms with van der Waals surface area (Å²) < 4.78 is 5.27. The van der Waals surface area contributed by atoms with Crippen molar-refractivity contribution in [3.8, 4) is 0 Å². The fourth-order valence-corrected chi connectivity index (χ4v) is 1.41. The average Bonchev–Trinajstić information content (AvgIpc) is 2.14. The monoisotopic (exact) mass is 196 g/mol. The minimum Gasteiger partial charge on any atom is -0.465 e. The van der Waals surface area contributed by atoms with Gasteiger partial charge in [-0.1, -0.05) is 32.9 Å². The van der Waals surface area contributed by atoms with E-state index in [0.29, 0.717) is 6.61 Å². The molecule has 1 rings (SSSR count). The SMILES string of the molecule is CC(C)(C)COC(=O)C1CC=CCC1. The Labute approximate surface area is 86.3 Å². The van der Waals surface area contributed by atoms with E-state index in [0.717, 1.165) is 19.3 Å². The Balaban J connectivity index is 2.31. The topological polar surface area (TPSA) is 26.3 Å². The van der Waals surface area contributed by atoms with Crippen LogP contribution in [-0.2, 0) is 9.53 Å². The van der Waals surface area contributed by atoms with Crippen molar-refractivity contribution < 1.29 is 9.53 Å². The summed E-state index contributed by atoms with van der Waals surface area (Å²) >= 11 is 0. The second-order valence-corrected chi connectivity index (χ2v) is 5.15. The lowest BCUT2D eigenvalue weighted by atomic mass is 9.94. The Hall–Kier alpha value is -0.790. The number of rotatable bonds is 2. The molecule has 1 aliphatic rings. The quantitative estimate of drug-likeness (QED) is 0.501. The van der Waals surface area contributed by atoms with Crippen LogP contribution in [0.3, 0.4) is 0 Å². The van der Waals surface area contributed by atoms with Gasteiger partial charge in [-0.15, -0.1) is 0 Å². The first kappa shape index (κ1) is 11.3. The van der Waals surface area contributed by atoms with Gasteiger partial charge in [-0.3, -0.25) is 4.79 Å². The molecule has 0 aromatic rings. The van der Waals surface area contributed by atoms with Gasteiger partial charge in [-0.05, 0) is 24.7 Å². The van der Waals surface area contributed by atoms with Crippen molar-refractivity contribution in [3.05, 3.63) is 12.2 Å². The molecule has 0 aliphatic heterocycles. The summed E-state index contributed by atoms with van der Waals surface area (Å²) in [7, 11) is 0. The maximum Gasteiger partial charge on any atom is 0.309 e. The van der Waals surface area contributed by atoms with Crippen LogP contribution in [0.4, 0.5) is 0 Å². The largest absolute Gasteiger partial charge is 0.465 e. The first-order chi connectivity index (χ1) is 6.49. The number of hydrogen-bond donors (Lipinski definition) is 0. The normalized spacial score (nSPS) is 22.1. The number of hydrogen-bond acceptors (Lipinski definition) is 2. The van der Waals surface area contributed by atoms with E-state index in [2.05, 4.69) is 32.9 Å². The van der Waals surface area contributed by atoms with E-state index in [9.17, 15) is 4.79 Å². The van der Waals surface area contributed by atoms with Crippen LogP contribution in [0, 0.1) is 11.3 Å². The van der Waals surface area contributed by atoms with Crippen molar-refractivity contribution in [1.82, 2.24) is 0 Å². The standard InChI is InChI=1S/C12H20O2/c1-12(2,3)9-14-11(13)10-7-5-4-6-8-10/h4-5,10H,6-9H2,1-3H3. The highest BCUT2D eigenvalue weighted by Crippen LogP contribution is 2.21. The van der Waals surface area contributed by atoms with Crippen LogP contribution < -0.4 is 0 Å². The smallest absolute Gasteiger partial charge is 0.309 e. The Bertz CT molecular complexity index is 223. The molecule has 0 fully saturated rings. The lowest BCUT2D eigenvalue weighted by Gasteiger charge is -2.21. The zero-order valence-electron chi connectivity index (χ0n) is 9.38. The zero-order chi connectivity index (χ0) is 10.6. The predicted octanol–water partition coefficient (Wildman–Crippen LogP) is 2.93. The van der Waals surface area contributed by atoms with Crippen LogP contribution >= 0.6 is 0 Å². The van der Waals surface area contributed by atoms with Gasteiger partial charge in [0.15, 0.2) is 0 Å². The van der Waals surface area contributed by atoms with Crippen LogP contribution in [0.5, 0.6) is 0 Å². The molecular formula is C12H20O2. The second kappa shape index (κ2) is 4.63. The van der Waals surface area contributed by atoms with Gasteiger partial charge >= 0.3 is 5.97 Å². The Morgan fingerprint density at radius 3 is 2.64 bits per heavy atom. The summed E-state index contributed by atoms with van der Waals surface area (Å²) in [6.45, 7) is 6.73. The van der Waals surface area contributed by atoms with Crippen molar-refractivity contribution in [3.63, 3.8) is 0 Å². The van der Waals surface area contributed by atoms with E-state index in [4.69, 9.17) is 4.74 Å². The highest BCUT2D eigenvalue weighted by atomic mass is 16.5. The summed E-state index contributed by atoms with van der Waals surface area (Å²) in [4.78, 5) is 11.6. The van der Waals surface area contributed by atoms with Gasteiger partial charge in [0.05, 0.1) is 12.5 Å². The summed E-state index contributed by atoms with van der Waals surface area (Å²) in [6.07, 6.45) is 7.01. The Morgan fingerprint density at radius 2 is 2.14 bits per heavy atom. The Morgan fingerprint density at radius 1 is 1.43 bits per heavy atom. The van der Waals surface area contributed by atoms with Crippen LogP contribution in [0.15, 0.2) is 12.2 Å². The number of carbonyl (C=O) groups is 1. The molecule has 0 heterocycles. The molecule has 2 heteroatoms. The fraction of sp³-hybridized carbons (Fsp3) is 0.750. The van der Waals surface area contributed by atoms with Crippen molar-refractivity contribution in [2.75, 3.05) is 6.61 Å². The van der Waals surface area contributed by atoms with E-state index in [-0.39, 0.29) is 17.3 Å². The van der Waals surface area contributed by atoms with Gasteiger partial charge in [-0.2, -0.15) is 0 Å². The van der Waals surface area contributed by atoms with Gasteiger partial charge in [0.25, 0.3) is 0 Å². The number of esters is 1. The third-order valence-electron chi connectivity index (χ3n) is 2.25. The van der Waals surface area contributed by atoms with E-state index >= 15 is 0 Å². The third-order valence-corrected chi connectivity index (χ3v) is 2.25. The van der Waals surface area contributed by atoms with Crippen molar-refractivity contribution in [1.29, 1.82) is 0 Å². The molecule has 2 nitrogen and oxygen atoms in total. The van der Waals surface area contributed by atoms with Gasteiger partial charge in [0.2, 0.25) is 0 Å². The molecule has 0 aromatic heterocycles. The predicted molar refractivity (Wildman–Crippen MR) is 56.9 cm³/mol. The molecule has 0 spiro atoms. The molecule has 0 saturated heterocycles. The average molecular weight is 196 g/mol. The summed E-state index contributed by atoms with van der Waals surface area (Å²) in [5, 5.41) is 0. The van der Waals surface area contributed by atoms with E-state index in [1.165, 1.54) is 0 Å². The molecular weight excluding hydrogens is 176 g/mol. The molecule has 0 saturated carbocycles. The van der Waals surface area contributed by atoms with Gasteiger partial charge in [0.1, 0.15) is 0 Å². The lowest BCUT2D eigenvalue weighted by molar-refractivity contribution is -0.151. The van der Waals surface area contributed by atoms with Crippen LogP contribution in [0.2, 0.25) is 0 Å². The molecule has 0 aromatic carbocycles. The maximum atomic E-state index is 11.6. The molecule has 1 aliphatic carbocycles. The summed E-state index contributed by atoms with van der Waals surface area (Å²) in [5.41, 5.74) is 0.0696. The van der Waals surface area contributed by atoms with Gasteiger partial charge < -0.3 is 4.74 Å². The summed E-state index contributed by atoms with van der Waals surface area (Å²) in [5.74, 6) is 0.0756. The first-order valence-electron chi connectivity index (χ1n) is 5.31. The minimum atomic E-state index is -0.0238. The van der Waals surface area contributed by atoms with E-state index in [1.807, 2.05) is 0 Å². The van der Waals surface area contributed by atoms with Crippen LogP contribution in [0.25, 0.3) is 0 Å².